The van der Waals surface area contributed by atoms with E-state index in [1.54, 1.807) is 29.3 Å². The fourth-order valence-corrected chi connectivity index (χ4v) is 4.12. The number of rotatable bonds is 4. The van der Waals surface area contributed by atoms with Crippen LogP contribution in [0, 0.1) is 11.3 Å². The van der Waals surface area contributed by atoms with E-state index in [9.17, 15) is 14.9 Å². The molecule has 7 nitrogen and oxygen atoms in total. The third-order valence-electron chi connectivity index (χ3n) is 5.59. The summed E-state index contributed by atoms with van der Waals surface area (Å²) in [4.78, 5) is 24.8. The number of nitriles is 1. The van der Waals surface area contributed by atoms with Crippen molar-refractivity contribution in [3.63, 3.8) is 0 Å². The summed E-state index contributed by atoms with van der Waals surface area (Å²) in [5.74, 6) is -0.754. The molecule has 156 valence electrons. The number of hydrogen-bond donors (Lipinski definition) is 2. The Bertz CT molecular complexity index is 1130. The third kappa shape index (κ3) is 3.64. The molecule has 0 spiro atoms. The Morgan fingerprint density at radius 3 is 2.52 bits per heavy atom. The topological polar surface area (TPSA) is 108 Å². The molecule has 1 aliphatic carbocycles. The summed E-state index contributed by atoms with van der Waals surface area (Å²) in [6.07, 6.45) is 1.80. The molecule has 0 bridgehead atoms. The normalized spacial score (nSPS) is 18.4. The maximum Gasteiger partial charge on any atom is 0.337 e. The number of allylic oxidation sites excluding steroid dienone is 3. The van der Waals surface area contributed by atoms with Crippen molar-refractivity contribution in [2.24, 2.45) is 5.73 Å². The number of nitrogens with two attached hydrogens (primary N) is 1. The predicted molar refractivity (Wildman–Crippen MR) is 115 cm³/mol. The van der Waals surface area contributed by atoms with Crippen LogP contribution in [0.5, 0.6) is 0 Å². The number of para-hydroxylation sites is 1. The van der Waals surface area contributed by atoms with Crippen LogP contribution >= 0.6 is 0 Å². The SMILES string of the molecule is COC(=O)c1ccc(C2C(C#N)=C(N)N(Nc3ccccc3)C3=C2C(=O)CCC3)cc1. The number of anilines is 1. The van der Waals surface area contributed by atoms with Crippen LogP contribution < -0.4 is 11.2 Å². The molecule has 31 heavy (non-hydrogen) atoms. The second-order valence-corrected chi connectivity index (χ2v) is 7.41. The number of esters is 1. The molecule has 0 aromatic heterocycles. The Morgan fingerprint density at radius 2 is 1.87 bits per heavy atom. The number of nitrogens with one attached hydrogen (secondary N) is 1. The van der Waals surface area contributed by atoms with Crippen molar-refractivity contribution in [1.29, 1.82) is 5.26 Å². The van der Waals surface area contributed by atoms with Crippen LogP contribution in [0.25, 0.3) is 0 Å². The van der Waals surface area contributed by atoms with Gasteiger partial charge in [-0.2, -0.15) is 5.26 Å². The van der Waals surface area contributed by atoms with Crippen LogP contribution in [-0.2, 0) is 9.53 Å². The number of carbonyl (C=O) groups is 2. The fourth-order valence-electron chi connectivity index (χ4n) is 4.12. The Morgan fingerprint density at radius 1 is 1.16 bits per heavy atom. The van der Waals surface area contributed by atoms with Gasteiger partial charge in [0.1, 0.15) is 5.82 Å². The molecule has 7 heteroatoms. The minimum Gasteiger partial charge on any atom is -0.465 e. The van der Waals surface area contributed by atoms with Gasteiger partial charge in [-0.15, -0.1) is 0 Å². The molecule has 0 saturated carbocycles. The van der Waals surface area contributed by atoms with Crippen LogP contribution in [0.15, 0.2) is 77.3 Å². The fraction of sp³-hybridized carbons (Fsp3) is 0.208. The standard InChI is InChI=1S/C24H22N4O3/c1-31-24(30)16-12-10-15(11-13-16)21-18(14-25)23(26)28(27-17-6-3-2-4-7-17)19-8-5-9-20(29)22(19)21/h2-4,6-7,10-13,21,27H,5,8-9,26H2,1H3. The lowest BCUT2D eigenvalue weighted by Crippen LogP contribution is -2.41. The Kier molecular flexibility index (Phi) is 5.46. The van der Waals surface area contributed by atoms with Gasteiger partial charge in [-0.05, 0) is 42.7 Å². The summed E-state index contributed by atoms with van der Waals surface area (Å²) < 4.78 is 4.76. The molecule has 2 aliphatic rings. The average Bonchev–Trinajstić information content (AvgIpc) is 2.81. The van der Waals surface area contributed by atoms with Crippen molar-refractivity contribution in [3.8, 4) is 6.07 Å². The van der Waals surface area contributed by atoms with E-state index in [2.05, 4.69) is 11.5 Å². The lowest BCUT2D eigenvalue weighted by Gasteiger charge is -2.39. The van der Waals surface area contributed by atoms with Gasteiger partial charge in [0.15, 0.2) is 5.78 Å². The summed E-state index contributed by atoms with van der Waals surface area (Å²) in [5, 5.41) is 11.7. The molecule has 1 atom stereocenters. The molecule has 2 aromatic carbocycles. The van der Waals surface area contributed by atoms with Crippen molar-refractivity contribution in [1.82, 2.24) is 5.01 Å². The highest BCUT2D eigenvalue weighted by Gasteiger charge is 2.40. The monoisotopic (exact) mass is 414 g/mol. The van der Waals surface area contributed by atoms with Gasteiger partial charge in [-0.25, -0.2) is 9.80 Å². The van der Waals surface area contributed by atoms with Crippen molar-refractivity contribution in [2.75, 3.05) is 12.5 Å². The van der Waals surface area contributed by atoms with Gasteiger partial charge in [0.05, 0.1) is 35.9 Å². The van der Waals surface area contributed by atoms with Crippen LogP contribution in [0.4, 0.5) is 5.69 Å². The molecular formula is C24H22N4O3. The van der Waals surface area contributed by atoms with Crippen LogP contribution in [0.3, 0.4) is 0 Å². The maximum absolute atomic E-state index is 13.0. The van der Waals surface area contributed by atoms with Crippen molar-refractivity contribution in [2.45, 2.75) is 25.2 Å². The van der Waals surface area contributed by atoms with E-state index in [1.165, 1.54) is 7.11 Å². The summed E-state index contributed by atoms with van der Waals surface area (Å²) in [5.41, 5.74) is 13.3. The molecule has 0 fully saturated rings. The number of ether oxygens (including phenoxy) is 1. The van der Waals surface area contributed by atoms with Gasteiger partial charge < -0.3 is 10.5 Å². The van der Waals surface area contributed by atoms with Crippen LogP contribution in [0.2, 0.25) is 0 Å². The zero-order chi connectivity index (χ0) is 22.0. The number of hydrogen-bond acceptors (Lipinski definition) is 7. The molecule has 1 unspecified atom stereocenters. The summed E-state index contributed by atoms with van der Waals surface area (Å²) in [7, 11) is 1.32. The first-order chi connectivity index (χ1) is 15.0. The lowest BCUT2D eigenvalue weighted by molar-refractivity contribution is -0.116. The molecular weight excluding hydrogens is 392 g/mol. The largest absolute Gasteiger partial charge is 0.465 e. The van der Waals surface area contributed by atoms with E-state index in [0.29, 0.717) is 36.0 Å². The minimum atomic E-state index is -0.576. The van der Waals surface area contributed by atoms with Crippen LogP contribution in [0.1, 0.15) is 41.1 Å². The summed E-state index contributed by atoms with van der Waals surface area (Å²) in [6, 6.07) is 18.4. The van der Waals surface area contributed by atoms with E-state index < -0.39 is 11.9 Å². The van der Waals surface area contributed by atoms with Crippen molar-refractivity contribution in [3.05, 3.63) is 88.4 Å². The zero-order valence-electron chi connectivity index (χ0n) is 17.1. The smallest absolute Gasteiger partial charge is 0.337 e. The van der Waals surface area contributed by atoms with Gasteiger partial charge in [-0.1, -0.05) is 30.3 Å². The number of carbonyl (C=O) groups excluding carboxylic acids is 2. The number of hydrazine groups is 1. The van der Waals surface area contributed by atoms with Gasteiger partial charge in [0, 0.05) is 17.7 Å². The van der Waals surface area contributed by atoms with E-state index in [0.717, 1.165) is 16.9 Å². The third-order valence-corrected chi connectivity index (χ3v) is 5.59. The Labute approximate surface area is 180 Å². The number of nitrogens with zero attached hydrogens (tertiary/aromatic N) is 2. The number of ketones is 1. The highest BCUT2D eigenvalue weighted by Crippen LogP contribution is 2.44. The van der Waals surface area contributed by atoms with Crippen LogP contribution in [-0.4, -0.2) is 23.9 Å². The Balaban J connectivity index is 1.82. The second kappa shape index (κ2) is 8.36. The molecule has 3 N–H and O–H groups in total. The quantitative estimate of drug-likeness (QED) is 0.736. The minimum absolute atomic E-state index is 0.00315. The first kappa shape index (κ1) is 20.2. The van der Waals surface area contributed by atoms with E-state index in [4.69, 9.17) is 10.5 Å². The van der Waals surface area contributed by atoms with E-state index >= 15 is 0 Å². The molecule has 1 heterocycles. The van der Waals surface area contributed by atoms with Gasteiger partial charge >= 0.3 is 5.97 Å². The molecule has 4 rings (SSSR count). The summed E-state index contributed by atoms with van der Waals surface area (Å²) >= 11 is 0. The van der Waals surface area contributed by atoms with Crippen molar-refractivity contribution >= 4 is 17.4 Å². The molecule has 1 aliphatic heterocycles. The number of Topliss-reactive ketones (excluding diaryl/α,β-unsaturated/α-hetero) is 1. The number of benzene rings is 2. The summed E-state index contributed by atoms with van der Waals surface area (Å²) in [6.45, 7) is 0. The first-order valence-corrected chi connectivity index (χ1v) is 10.0. The van der Waals surface area contributed by atoms with Crippen molar-refractivity contribution < 1.29 is 14.3 Å². The average molecular weight is 414 g/mol. The molecule has 0 radical (unpaired) electrons. The highest BCUT2D eigenvalue weighted by molar-refractivity contribution is 6.00. The molecule has 0 saturated heterocycles. The van der Waals surface area contributed by atoms with Gasteiger partial charge in [-0.3, -0.25) is 10.2 Å². The zero-order valence-corrected chi connectivity index (χ0v) is 17.1. The predicted octanol–water partition coefficient (Wildman–Crippen LogP) is 3.60. The van der Waals surface area contributed by atoms with Gasteiger partial charge in [0.25, 0.3) is 0 Å². The van der Waals surface area contributed by atoms with Gasteiger partial charge in [0.2, 0.25) is 0 Å². The molecule has 0 amide bonds. The first-order valence-electron chi connectivity index (χ1n) is 10.0. The molecule has 2 aromatic rings. The van der Waals surface area contributed by atoms with E-state index in [-0.39, 0.29) is 11.6 Å². The lowest BCUT2D eigenvalue weighted by atomic mass is 9.76. The number of methoxy groups -OCH3 is 1. The maximum atomic E-state index is 13.0. The second-order valence-electron chi connectivity index (χ2n) is 7.41. The Hall–Kier alpha value is -4.05. The highest BCUT2D eigenvalue weighted by atomic mass is 16.5. The van der Waals surface area contributed by atoms with E-state index in [1.807, 2.05) is 30.3 Å².